The van der Waals surface area contributed by atoms with Crippen molar-refractivity contribution in [1.82, 2.24) is 14.9 Å². The molecule has 5 heteroatoms. The number of carbonyl (C=O) groups excluding carboxylic acids is 1. The fourth-order valence-corrected chi connectivity index (χ4v) is 2.83. The van der Waals surface area contributed by atoms with E-state index in [1.165, 1.54) is 0 Å². The fourth-order valence-electron chi connectivity index (χ4n) is 2.83. The molecule has 3 rings (SSSR count). The number of hydrogen-bond donors (Lipinski definition) is 0. The maximum atomic E-state index is 10.7. The molecule has 2 aliphatic rings. The fraction of sp³-hybridized carbons (Fsp3) is 0.545. The van der Waals surface area contributed by atoms with Gasteiger partial charge in [0.2, 0.25) is 6.41 Å². The topological polar surface area (TPSA) is 49.3 Å². The molecule has 1 aliphatic heterocycles. The average Bonchev–Trinajstić information content (AvgIpc) is 2.84. The van der Waals surface area contributed by atoms with Crippen LogP contribution in [0.1, 0.15) is 0 Å². The largest absolute Gasteiger partial charge is 0.356 e. The lowest BCUT2D eigenvalue weighted by molar-refractivity contribution is -0.117. The van der Waals surface area contributed by atoms with Crippen molar-refractivity contribution in [3.05, 3.63) is 18.6 Å². The summed E-state index contributed by atoms with van der Waals surface area (Å²) in [6.45, 7) is 2.01. The quantitative estimate of drug-likeness (QED) is 0.670. The number of hydrogen-bond acceptors (Lipinski definition) is 4. The first-order chi connectivity index (χ1) is 7.81. The predicted molar refractivity (Wildman–Crippen MR) is 58.8 cm³/mol. The standard InChI is InChI=1S/C11H14N4O/c1-14(7-16)11-8-4-15(5-9(8)11)10-2-3-12-6-13-10/h2-3,6-9,11H,4-5H2,1H3. The second-order valence-corrected chi connectivity index (χ2v) is 4.56. The first-order valence-corrected chi connectivity index (χ1v) is 5.49. The van der Waals surface area contributed by atoms with Crippen molar-refractivity contribution in [2.24, 2.45) is 11.8 Å². The van der Waals surface area contributed by atoms with Crippen LogP contribution in [-0.2, 0) is 4.79 Å². The maximum Gasteiger partial charge on any atom is 0.209 e. The zero-order valence-electron chi connectivity index (χ0n) is 9.15. The van der Waals surface area contributed by atoms with Gasteiger partial charge in [0.05, 0.1) is 0 Å². The molecule has 0 aromatic carbocycles. The van der Waals surface area contributed by atoms with E-state index in [1.54, 1.807) is 17.4 Å². The van der Waals surface area contributed by atoms with Crippen molar-refractivity contribution < 1.29 is 4.79 Å². The molecule has 2 heterocycles. The van der Waals surface area contributed by atoms with Crippen LogP contribution in [0, 0.1) is 11.8 Å². The Morgan fingerprint density at radius 2 is 2.25 bits per heavy atom. The van der Waals surface area contributed by atoms with Crippen molar-refractivity contribution in [2.75, 3.05) is 25.0 Å². The number of aromatic nitrogens is 2. The van der Waals surface area contributed by atoms with Gasteiger partial charge in [-0.2, -0.15) is 0 Å². The molecule has 1 aliphatic carbocycles. The van der Waals surface area contributed by atoms with E-state index in [9.17, 15) is 4.79 Å². The van der Waals surface area contributed by atoms with Gasteiger partial charge in [0.1, 0.15) is 12.1 Å². The number of anilines is 1. The minimum Gasteiger partial charge on any atom is -0.356 e. The van der Waals surface area contributed by atoms with Gasteiger partial charge in [0.25, 0.3) is 0 Å². The molecule has 0 spiro atoms. The normalized spacial score (nSPS) is 31.1. The molecule has 16 heavy (non-hydrogen) atoms. The van der Waals surface area contributed by atoms with E-state index in [0.29, 0.717) is 17.9 Å². The van der Waals surface area contributed by atoms with E-state index in [-0.39, 0.29) is 0 Å². The molecule has 2 unspecified atom stereocenters. The SMILES string of the molecule is CN(C=O)C1C2CN(c3ccncn3)CC21. The average molecular weight is 218 g/mol. The Balaban J connectivity index is 1.65. The van der Waals surface area contributed by atoms with Crippen LogP contribution in [0.15, 0.2) is 18.6 Å². The Morgan fingerprint density at radius 1 is 1.50 bits per heavy atom. The highest BCUT2D eigenvalue weighted by atomic mass is 16.1. The lowest BCUT2D eigenvalue weighted by Crippen LogP contribution is -2.32. The van der Waals surface area contributed by atoms with E-state index in [2.05, 4.69) is 14.9 Å². The summed E-state index contributed by atoms with van der Waals surface area (Å²) in [7, 11) is 1.87. The van der Waals surface area contributed by atoms with Crippen LogP contribution >= 0.6 is 0 Å². The van der Waals surface area contributed by atoms with Crippen LogP contribution in [0.4, 0.5) is 5.82 Å². The summed E-state index contributed by atoms with van der Waals surface area (Å²) in [4.78, 5) is 22.9. The monoisotopic (exact) mass is 218 g/mol. The highest BCUT2D eigenvalue weighted by Gasteiger charge is 2.57. The predicted octanol–water partition coefficient (Wildman–Crippen LogP) is -0.000600. The van der Waals surface area contributed by atoms with Gasteiger partial charge in [-0.25, -0.2) is 9.97 Å². The molecule has 2 fully saturated rings. The first-order valence-electron chi connectivity index (χ1n) is 5.49. The van der Waals surface area contributed by atoms with Crippen molar-refractivity contribution in [3.8, 4) is 0 Å². The van der Waals surface area contributed by atoms with Gasteiger partial charge in [0.15, 0.2) is 0 Å². The molecule has 1 saturated heterocycles. The summed E-state index contributed by atoms with van der Waals surface area (Å²) in [5.41, 5.74) is 0. The third-order valence-corrected chi connectivity index (χ3v) is 3.68. The van der Waals surface area contributed by atoms with Gasteiger partial charge in [0, 0.05) is 44.2 Å². The number of amides is 1. The van der Waals surface area contributed by atoms with Gasteiger partial charge in [-0.05, 0) is 6.07 Å². The number of piperidine rings is 1. The highest BCUT2D eigenvalue weighted by molar-refractivity contribution is 5.50. The minimum absolute atomic E-state index is 0.454. The molecular formula is C11H14N4O. The van der Waals surface area contributed by atoms with Gasteiger partial charge in [-0.3, -0.25) is 4.79 Å². The number of nitrogens with zero attached hydrogens (tertiary/aromatic N) is 4. The third-order valence-electron chi connectivity index (χ3n) is 3.68. The van der Waals surface area contributed by atoms with Crippen LogP contribution in [0.2, 0.25) is 0 Å². The Morgan fingerprint density at radius 3 is 2.81 bits per heavy atom. The molecule has 0 N–H and O–H groups in total. The number of fused-ring (bicyclic) bond motifs is 1. The van der Waals surface area contributed by atoms with Crippen molar-refractivity contribution in [1.29, 1.82) is 0 Å². The van der Waals surface area contributed by atoms with Crippen LogP contribution < -0.4 is 4.90 Å². The molecule has 2 atom stereocenters. The Hall–Kier alpha value is -1.65. The number of rotatable bonds is 3. The summed E-state index contributed by atoms with van der Waals surface area (Å²) in [6.07, 6.45) is 4.27. The Kier molecular flexibility index (Phi) is 2.05. The second-order valence-electron chi connectivity index (χ2n) is 4.56. The van der Waals surface area contributed by atoms with E-state index in [0.717, 1.165) is 25.3 Å². The lowest BCUT2D eigenvalue weighted by Gasteiger charge is -2.22. The van der Waals surface area contributed by atoms with E-state index < -0.39 is 0 Å². The first kappa shape index (κ1) is 9.57. The van der Waals surface area contributed by atoms with Crippen molar-refractivity contribution in [3.63, 3.8) is 0 Å². The molecule has 0 bridgehead atoms. The highest BCUT2D eigenvalue weighted by Crippen LogP contribution is 2.48. The van der Waals surface area contributed by atoms with Crippen LogP contribution in [0.25, 0.3) is 0 Å². The minimum atomic E-state index is 0.454. The molecule has 84 valence electrons. The van der Waals surface area contributed by atoms with Crippen molar-refractivity contribution >= 4 is 12.2 Å². The maximum absolute atomic E-state index is 10.7. The molecule has 5 nitrogen and oxygen atoms in total. The number of carbonyl (C=O) groups is 1. The van der Waals surface area contributed by atoms with Crippen LogP contribution in [0.5, 0.6) is 0 Å². The summed E-state index contributed by atoms with van der Waals surface area (Å²) < 4.78 is 0. The molecule has 1 amide bonds. The van der Waals surface area contributed by atoms with Gasteiger partial charge >= 0.3 is 0 Å². The summed E-state index contributed by atoms with van der Waals surface area (Å²) in [5.74, 6) is 2.25. The molecule has 1 aromatic rings. The summed E-state index contributed by atoms with van der Waals surface area (Å²) >= 11 is 0. The van der Waals surface area contributed by atoms with Crippen LogP contribution in [-0.4, -0.2) is 47.5 Å². The Bertz CT molecular complexity index is 384. The lowest BCUT2D eigenvalue weighted by atomic mass is 10.3. The summed E-state index contributed by atoms with van der Waals surface area (Å²) in [6, 6.07) is 2.39. The van der Waals surface area contributed by atoms with Gasteiger partial charge < -0.3 is 9.80 Å². The van der Waals surface area contributed by atoms with Crippen LogP contribution in [0.3, 0.4) is 0 Å². The zero-order valence-corrected chi connectivity index (χ0v) is 9.15. The molecular weight excluding hydrogens is 204 g/mol. The molecule has 1 saturated carbocycles. The van der Waals surface area contributed by atoms with Crippen molar-refractivity contribution in [2.45, 2.75) is 6.04 Å². The zero-order chi connectivity index (χ0) is 11.1. The van der Waals surface area contributed by atoms with Gasteiger partial charge in [-0.1, -0.05) is 0 Å². The van der Waals surface area contributed by atoms with E-state index in [1.807, 2.05) is 13.1 Å². The second kappa shape index (κ2) is 3.43. The smallest absolute Gasteiger partial charge is 0.209 e. The van der Waals surface area contributed by atoms with E-state index >= 15 is 0 Å². The Labute approximate surface area is 94.1 Å². The molecule has 0 radical (unpaired) electrons. The summed E-state index contributed by atoms with van der Waals surface area (Å²) in [5, 5.41) is 0. The van der Waals surface area contributed by atoms with E-state index in [4.69, 9.17) is 0 Å². The molecule has 1 aromatic heterocycles. The third kappa shape index (κ3) is 1.35. The van der Waals surface area contributed by atoms with Gasteiger partial charge in [-0.15, -0.1) is 0 Å².